The van der Waals surface area contributed by atoms with Crippen molar-refractivity contribution in [3.63, 3.8) is 0 Å². The summed E-state index contributed by atoms with van der Waals surface area (Å²) in [6, 6.07) is 2.92. The molecular formula is C15H22BrF2N. The highest BCUT2D eigenvalue weighted by molar-refractivity contribution is 9.10. The van der Waals surface area contributed by atoms with Gasteiger partial charge in [0.1, 0.15) is 0 Å². The highest BCUT2D eigenvalue weighted by atomic mass is 79.9. The van der Waals surface area contributed by atoms with E-state index in [1.165, 1.54) is 6.07 Å². The second-order valence-electron chi connectivity index (χ2n) is 5.24. The van der Waals surface area contributed by atoms with Gasteiger partial charge in [0.2, 0.25) is 0 Å². The molecule has 1 aromatic carbocycles. The Bertz CT molecular complexity index is 407. The van der Waals surface area contributed by atoms with Gasteiger partial charge in [-0.25, -0.2) is 8.78 Å². The van der Waals surface area contributed by atoms with Gasteiger partial charge in [-0.15, -0.1) is 0 Å². The Labute approximate surface area is 122 Å². The minimum absolute atomic E-state index is 0.0619. The quantitative estimate of drug-likeness (QED) is 0.676. The van der Waals surface area contributed by atoms with Crippen molar-refractivity contribution in [2.75, 3.05) is 6.54 Å². The van der Waals surface area contributed by atoms with Gasteiger partial charge in [-0.1, -0.05) is 26.8 Å². The fourth-order valence-electron chi connectivity index (χ4n) is 2.00. The van der Waals surface area contributed by atoms with Crippen LogP contribution < -0.4 is 5.32 Å². The molecule has 0 amide bonds. The normalized spacial score (nSPS) is 13.0. The lowest BCUT2D eigenvalue weighted by Gasteiger charge is -2.21. The van der Waals surface area contributed by atoms with Crippen LogP contribution in [-0.2, 0) is 0 Å². The van der Waals surface area contributed by atoms with E-state index in [0.29, 0.717) is 5.92 Å². The molecule has 0 aliphatic carbocycles. The van der Waals surface area contributed by atoms with Crippen LogP contribution in [0, 0.1) is 17.6 Å². The van der Waals surface area contributed by atoms with Gasteiger partial charge in [0.15, 0.2) is 11.6 Å². The number of nitrogens with one attached hydrogen (secondary N) is 1. The SMILES string of the molecule is CCCNC(CCC(C)C)c1ccc(F)c(F)c1Br. The van der Waals surface area contributed by atoms with E-state index in [4.69, 9.17) is 0 Å². The highest BCUT2D eigenvalue weighted by Crippen LogP contribution is 2.31. The van der Waals surface area contributed by atoms with Crippen molar-refractivity contribution in [3.8, 4) is 0 Å². The second-order valence-corrected chi connectivity index (χ2v) is 6.04. The number of rotatable bonds is 7. The molecule has 0 saturated heterocycles. The zero-order valence-corrected chi connectivity index (χ0v) is 13.4. The van der Waals surface area contributed by atoms with Crippen molar-refractivity contribution in [1.82, 2.24) is 5.32 Å². The summed E-state index contributed by atoms with van der Waals surface area (Å²) < 4.78 is 27.0. The summed E-state index contributed by atoms with van der Waals surface area (Å²) in [5, 5.41) is 3.41. The summed E-state index contributed by atoms with van der Waals surface area (Å²) in [5.74, 6) is -1.02. The molecule has 0 heterocycles. The molecule has 1 N–H and O–H groups in total. The molecule has 0 aromatic heterocycles. The van der Waals surface area contributed by atoms with Gasteiger partial charge in [-0.2, -0.15) is 0 Å². The van der Waals surface area contributed by atoms with E-state index in [1.807, 2.05) is 0 Å². The van der Waals surface area contributed by atoms with E-state index < -0.39 is 11.6 Å². The Morgan fingerprint density at radius 2 is 1.89 bits per heavy atom. The zero-order valence-electron chi connectivity index (χ0n) is 11.8. The summed E-state index contributed by atoms with van der Waals surface area (Å²) in [5.41, 5.74) is 0.799. The minimum atomic E-state index is -0.811. The van der Waals surface area contributed by atoms with Crippen LogP contribution in [0.25, 0.3) is 0 Å². The Morgan fingerprint density at radius 1 is 1.21 bits per heavy atom. The van der Waals surface area contributed by atoms with E-state index in [2.05, 4.69) is 42.0 Å². The Hall–Kier alpha value is -0.480. The first-order chi connectivity index (χ1) is 8.97. The van der Waals surface area contributed by atoms with Gasteiger partial charge in [-0.05, 0) is 59.3 Å². The predicted molar refractivity (Wildman–Crippen MR) is 79.2 cm³/mol. The highest BCUT2D eigenvalue weighted by Gasteiger charge is 2.18. The maximum atomic E-state index is 13.6. The van der Waals surface area contributed by atoms with Crippen LogP contribution in [0.4, 0.5) is 8.78 Å². The second kappa shape index (κ2) is 7.95. The molecule has 0 radical (unpaired) electrons. The third-order valence-corrected chi connectivity index (χ3v) is 3.92. The average molecular weight is 334 g/mol. The molecule has 19 heavy (non-hydrogen) atoms. The molecule has 0 bridgehead atoms. The first-order valence-electron chi connectivity index (χ1n) is 6.84. The topological polar surface area (TPSA) is 12.0 Å². The minimum Gasteiger partial charge on any atom is -0.310 e. The van der Waals surface area contributed by atoms with Crippen molar-refractivity contribution >= 4 is 15.9 Å². The Kier molecular flexibility index (Phi) is 6.94. The van der Waals surface area contributed by atoms with Crippen LogP contribution in [0.5, 0.6) is 0 Å². The van der Waals surface area contributed by atoms with Crippen LogP contribution in [0.2, 0.25) is 0 Å². The van der Waals surface area contributed by atoms with Gasteiger partial charge in [0.05, 0.1) is 4.47 Å². The fourth-order valence-corrected chi connectivity index (χ4v) is 2.59. The predicted octanol–water partition coefficient (Wildman–Crippen LogP) is 5.20. The molecule has 1 nitrogen and oxygen atoms in total. The average Bonchev–Trinajstić information content (AvgIpc) is 2.37. The van der Waals surface area contributed by atoms with E-state index in [-0.39, 0.29) is 10.5 Å². The molecule has 1 atom stereocenters. The van der Waals surface area contributed by atoms with Gasteiger partial charge >= 0.3 is 0 Å². The van der Waals surface area contributed by atoms with E-state index in [1.54, 1.807) is 6.07 Å². The summed E-state index contributed by atoms with van der Waals surface area (Å²) in [6.45, 7) is 7.29. The largest absolute Gasteiger partial charge is 0.310 e. The van der Waals surface area contributed by atoms with E-state index in [0.717, 1.165) is 31.4 Å². The van der Waals surface area contributed by atoms with Crippen molar-refractivity contribution in [2.45, 2.75) is 46.1 Å². The van der Waals surface area contributed by atoms with Gasteiger partial charge in [0, 0.05) is 6.04 Å². The maximum absolute atomic E-state index is 13.6. The molecule has 0 aliphatic heterocycles. The van der Waals surface area contributed by atoms with Crippen LogP contribution >= 0.6 is 15.9 Å². The Balaban J connectivity index is 2.92. The van der Waals surface area contributed by atoms with Crippen molar-refractivity contribution in [2.24, 2.45) is 5.92 Å². The standard InChI is InChI=1S/C15H22BrF2N/c1-4-9-19-13(8-5-10(2)3)11-6-7-12(17)15(18)14(11)16/h6-7,10,13,19H,4-5,8-9H2,1-3H3. The number of halogens is 3. The van der Waals surface area contributed by atoms with Crippen molar-refractivity contribution < 1.29 is 8.78 Å². The van der Waals surface area contributed by atoms with E-state index >= 15 is 0 Å². The smallest absolute Gasteiger partial charge is 0.173 e. The molecule has 4 heteroatoms. The van der Waals surface area contributed by atoms with Crippen LogP contribution in [0.1, 0.15) is 51.6 Å². The van der Waals surface area contributed by atoms with Crippen molar-refractivity contribution in [3.05, 3.63) is 33.8 Å². The summed E-state index contributed by atoms with van der Waals surface area (Å²) >= 11 is 3.18. The molecular weight excluding hydrogens is 312 g/mol. The lowest BCUT2D eigenvalue weighted by molar-refractivity contribution is 0.434. The summed E-state index contributed by atoms with van der Waals surface area (Å²) in [4.78, 5) is 0. The summed E-state index contributed by atoms with van der Waals surface area (Å²) in [7, 11) is 0. The first kappa shape index (κ1) is 16.6. The third-order valence-electron chi connectivity index (χ3n) is 3.11. The number of hydrogen-bond donors (Lipinski definition) is 1. The summed E-state index contributed by atoms with van der Waals surface area (Å²) in [6.07, 6.45) is 2.98. The van der Waals surface area contributed by atoms with Gasteiger partial charge < -0.3 is 5.32 Å². The third kappa shape index (κ3) is 4.84. The molecule has 0 saturated carbocycles. The van der Waals surface area contributed by atoms with Gasteiger partial charge in [0.25, 0.3) is 0 Å². The zero-order chi connectivity index (χ0) is 14.4. The maximum Gasteiger partial charge on any atom is 0.173 e. The fraction of sp³-hybridized carbons (Fsp3) is 0.600. The first-order valence-corrected chi connectivity index (χ1v) is 7.63. The molecule has 1 unspecified atom stereocenters. The molecule has 0 aliphatic rings. The molecule has 0 spiro atoms. The number of hydrogen-bond acceptors (Lipinski definition) is 1. The lowest BCUT2D eigenvalue weighted by atomic mass is 9.97. The number of benzene rings is 1. The molecule has 1 rings (SSSR count). The monoisotopic (exact) mass is 333 g/mol. The van der Waals surface area contributed by atoms with Crippen LogP contribution in [0.15, 0.2) is 16.6 Å². The molecule has 108 valence electrons. The lowest BCUT2D eigenvalue weighted by Crippen LogP contribution is -2.23. The van der Waals surface area contributed by atoms with Crippen molar-refractivity contribution in [1.29, 1.82) is 0 Å². The van der Waals surface area contributed by atoms with Crippen LogP contribution in [-0.4, -0.2) is 6.54 Å². The Morgan fingerprint density at radius 3 is 2.47 bits per heavy atom. The molecule has 0 fully saturated rings. The van der Waals surface area contributed by atoms with Crippen LogP contribution in [0.3, 0.4) is 0 Å². The van der Waals surface area contributed by atoms with E-state index in [9.17, 15) is 8.78 Å². The van der Waals surface area contributed by atoms with Gasteiger partial charge in [-0.3, -0.25) is 0 Å². The molecule has 1 aromatic rings.